The first kappa shape index (κ1) is 15.8. The van der Waals surface area contributed by atoms with Crippen molar-refractivity contribution < 1.29 is 9.84 Å². The van der Waals surface area contributed by atoms with Crippen molar-refractivity contribution in [1.29, 1.82) is 0 Å². The van der Waals surface area contributed by atoms with Crippen LogP contribution in [0.15, 0.2) is 41.1 Å². The molecule has 1 aromatic carbocycles. The molecule has 0 aliphatic carbocycles. The predicted molar refractivity (Wildman–Crippen MR) is 86.4 cm³/mol. The molecular weight excluding hydrogens is 332 g/mol. The number of nitrogens with zero attached hydrogens (tertiary/aromatic N) is 2. The highest BCUT2D eigenvalue weighted by Gasteiger charge is 2.11. The van der Waals surface area contributed by atoms with Crippen LogP contribution >= 0.6 is 15.9 Å². The van der Waals surface area contributed by atoms with Gasteiger partial charge in [0.2, 0.25) is 0 Å². The van der Waals surface area contributed by atoms with Crippen LogP contribution < -0.4 is 4.74 Å². The molecule has 2 rings (SSSR count). The molecule has 0 spiro atoms. The van der Waals surface area contributed by atoms with Crippen LogP contribution in [0.3, 0.4) is 0 Å². The van der Waals surface area contributed by atoms with E-state index in [9.17, 15) is 5.11 Å². The lowest BCUT2D eigenvalue weighted by Gasteiger charge is -2.21. The number of hydrogen-bond acceptors (Lipinski definition) is 4. The van der Waals surface area contributed by atoms with Gasteiger partial charge in [-0.05, 0) is 57.9 Å². The first-order valence-electron chi connectivity index (χ1n) is 6.80. The molecule has 1 heterocycles. The first-order valence-corrected chi connectivity index (χ1v) is 7.60. The van der Waals surface area contributed by atoms with Crippen LogP contribution in [0.4, 0.5) is 0 Å². The Kier molecular flexibility index (Phi) is 5.59. The number of halogens is 1. The second-order valence-electron chi connectivity index (χ2n) is 4.79. The quantitative estimate of drug-likeness (QED) is 0.864. The van der Waals surface area contributed by atoms with E-state index >= 15 is 0 Å². The largest absolute Gasteiger partial charge is 0.503 e. The van der Waals surface area contributed by atoms with Crippen molar-refractivity contribution in [3.05, 3.63) is 52.3 Å². The Morgan fingerprint density at radius 2 is 1.86 bits per heavy atom. The van der Waals surface area contributed by atoms with Crippen molar-refractivity contribution >= 4 is 15.9 Å². The van der Waals surface area contributed by atoms with Crippen LogP contribution in [-0.2, 0) is 13.1 Å². The van der Waals surface area contributed by atoms with Gasteiger partial charge in [0, 0.05) is 25.5 Å². The molecule has 0 aliphatic rings. The fraction of sp³-hybridized carbons (Fsp3) is 0.312. The molecule has 0 saturated carbocycles. The van der Waals surface area contributed by atoms with Gasteiger partial charge in [0.1, 0.15) is 0 Å². The van der Waals surface area contributed by atoms with Crippen molar-refractivity contribution in [1.82, 2.24) is 9.88 Å². The number of aromatic nitrogens is 1. The first-order chi connectivity index (χ1) is 10.1. The lowest BCUT2D eigenvalue weighted by Crippen LogP contribution is -2.22. The van der Waals surface area contributed by atoms with Crippen molar-refractivity contribution in [2.24, 2.45) is 0 Å². The van der Waals surface area contributed by atoms with Crippen LogP contribution in [0.1, 0.15) is 18.1 Å². The SMILES string of the molecule is CCN(Cc1ccncc1)Cc1cc(Br)c(O)c(OC)c1. The normalized spacial score (nSPS) is 10.9. The van der Waals surface area contributed by atoms with Crippen LogP contribution in [0, 0.1) is 0 Å². The summed E-state index contributed by atoms with van der Waals surface area (Å²) in [6.45, 7) is 4.71. The molecule has 1 aromatic heterocycles. The Labute approximate surface area is 133 Å². The fourth-order valence-corrected chi connectivity index (χ4v) is 2.65. The number of phenols is 1. The minimum Gasteiger partial charge on any atom is -0.503 e. The molecule has 0 unspecified atom stereocenters. The molecule has 21 heavy (non-hydrogen) atoms. The number of benzene rings is 1. The standard InChI is InChI=1S/C16H19BrN2O2/c1-3-19(10-12-4-6-18-7-5-12)11-13-8-14(17)16(20)15(9-13)21-2/h4-9,20H,3,10-11H2,1-2H3. The van der Waals surface area contributed by atoms with E-state index in [0.29, 0.717) is 10.2 Å². The molecule has 0 fully saturated rings. The van der Waals surface area contributed by atoms with Gasteiger partial charge in [-0.15, -0.1) is 0 Å². The summed E-state index contributed by atoms with van der Waals surface area (Å²) in [4.78, 5) is 6.35. The highest BCUT2D eigenvalue weighted by atomic mass is 79.9. The van der Waals surface area contributed by atoms with Crippen LogP contribution in [-0.4, -0.2) is 28.6 Å². The van der Waals surface area contributed by atoms with Gasteiger partial charge < -0.3 is 9.84 Å². The zero-order chi connectivity index (χ0) is 15.2. The minimum absolute atomic E-state index is 0.137. The summed E-state index contributed by atoms with van der Waals surface area (Å²) in [6, 6.07) is 7.84. The Bertz CT molecular complexity index is 590. The number of hydrogen-bond donors (Lipinski definition) is 1. The minimum atomic E-state index is 0.137. The Morgan fingerprint density at radius 1 is 1.19 bits per heavy atom. The summed E-state index contributed by atoms with van der Waals surface area (Å²) >= 11 is 3.36. The molecule has 5 heteroatoms. The molecule has 0 aliphatic heterocycles. The molecular formula is C16H19BrN2O2. The summed E-state index contributed by atoms with van der Waals surface area (Å²) in [5, 5.41) is 9.86. The molecule has 0 atom stereocenters. The number of methoxy groups -OCH3 is 1. The predicted octanol–water partition coefficient (Wildman–Crippen LogP) is 3.58. The summed E-state index contributed by atoms with van der Waals surface area (Å²) in [5.41, 5.74) is 2.32. The monoisotopic (exact) mass is 350 g/mol. The van der Waals surface area contributed by atoms with E-state index in [2.05, 4.69) is 32.7 Å². The number of aromatic hydroxyl groups is 1. The van der Waals surface area contributed by atoms with Gasteiger partial charge in [-0.3, -0.25) is 9.88 Å². The van der Waals surface area contributed by atoms with Crippen LogP contribution in [0.25, 0.3) is 0 Å². The summed E-state index contributed by atoms with van der Waals surface area (Å²) in [5.74, 6) is 0.623. The third kappa shape index (κ3) is 4.19. The second-order valence-corrected chi connectivity index (χ2v) is 5.64. The van der Waals surface area contributed by atoms with Crippen LogP contribution in [0.2, 0.25) is 0 Å². The van der Waals surface area contributed by atoms with E-state index in [-0.39, 0.29) is 5.75 Å². The van der Waals surface area contributed by atoms with Gasteiger partial charge in [0.25, 0.3) is 0 Å². The second kappa shape index (κ2) is 7.43. The Hall–Kier alpha value is -1.59. The lowest BCUT2D eigenvalue weighted by atomic mass is 10.1. The van der Waals surface area contributed by atoms with Gasteiger partial charge >= 0.3 is 0 Å². The third-order valence-electron chi connectivity index (χ3n) is 3.32. The summed E-state index contributed by atoms with van der Waals surface area (Å²) in [7, 11) is 1.56. The maximum atomic E-state index is 9.86. The van der Waals surface area contributed by atoms with Crippen molar-refractivity contribution in [2.45, 2.75) is 20.0 Å². The van der Waals surface area contributed by atoms with E-state index in [1.165, 1.54) is 5.56 Å². The molecule has 0 amide bonds. The van der Waals surface area contributed by atoms with E-state index < -0.39 is 0 Å². The molecule has 1 N–H and O–H groups in total. The van der Waals surface area contributed by atoms with Gasteiger partial charge in [0.05, 0.1) is 11.6 Å². The number of ether oxygens (including phenoxy) is 1. The molecule has 112 valence electrons. The van der Waals surface area contributed by atoms with E-state index in [0.717, 1.165) is 25.2 Å². The molecule has 0 radical (unpaired) electrons. The zero-order valence-corrected chi connectivity index (χ0v) is 13.8. The Morgan fingerprint density at radius 3 is 2.48 bits per heavy atom. The topological polar surface area (TPSA) is 45.6 Å². The van der Waals surface area contributed by atoms with Gasteiger partial charge in [-0.2, -0.15) is 0 Å². The number of phenolic OH excluding ortho intramolecular Hbond substituents is 1. The van der Waals surface area contributed by atoms with Crippen molar-refractivity contribution in [2.75, 3.05) is 13.7 Å². The smallest absolute Gasteiger partial charge is 0.172 e. The van der Waals surface area contributed by atoms with E-state index in [4.69, 9.17) is 4.74 Å². The summed E-state index contributed by atoms with van der Waals surface area (Å²) < 4.78 is 5.84. The highest BCUT2D eigenvalue weighted by Crippen LogP contribution is 2.35. The average molecular weight is 351 g/mol. The Balaban J connectivity index is 2.13. The van der Waals surface area contributed by atoms with Gasteiger partial charge in [-0.1, -0.05) is 6.92 Å². The van der Waals surface area contributed by atoms with Crippen molar-refractivity contribution in [3.8, 4) is 11.5 Å². The number of pyridine rings is 1. The highest BCUT2D eigenvalue weighted by molar-refractivity contribution is 9.10. The summed E-state index contributed by atoms with van der Waals surface area (Å²) in [6.07, 6.45) is 3.62. The van der Waals surface area contributed by atoms with E-state index in [1.54, 1.807) is 7.11 Å². The molecule has 0 saturated heterocycles. The third-order valence-corrected chi connectivity index (χ3v) is 3.92. The van der Waals surface area contributed by atoms with E-state index in [1.807, 2.05) is 36.7 Å². The maximum absolute atomic E-state index is 9.86. The molecule has 0 bridgehead atoms. The molecule has 2 aromatic rings. The maximum Gasteiger partial charge on any atom is 0.172 e. The number of rotatable bonds is 6. The fourth-order valence-electron chi connectivity index (χ4n) is 2.16. The van der Waals surface area contributed by atoms with Crippen molar-refractivity contribution in [3.63, 3.8) is 0 Å². The average Bonchev–Trinajstić information content (AvgIpc) is 2.51. The molecule has 4 nitrogen and oxygen atoms in total. The van der Waals surface area contributed by atoms with Gasteiger partial charge in [-0.25, -0.2) is 0 Å². The zero-order valence-electron chi connectivity index (χ0n) is 12.2. The van der Waals surface area contributed by atoms with Gasteiger partial charge in [0.15, 0.2) is 11.5 Å². The van der Waals surface area contributed by atoms with Crippen LogP contribution in [0.5, 0.6) is 11.5 Å². The lowest BCUT2D eigenvalue weighted by molar-refractivity contribution is 0.270.